The number of rotatable bonds is 7. The van der Waals surface area contributed by atoms with Crippen LogP contribution in [0.5, 0.6) is 5.75 Å². The summed E-state index contributed by atoms with van der Waals surface area (Å²) in [5.74, 6) is -1.35. The maximum atomic E-state index is 13.2. The molecule has 1 saturated heterocycles. The van der Waals surface area contributed by atoms with Gasteiger partial charge in [-0.3, -0.25) is 14.4 Å². The Morgan fingerprint density at radius 3 is 2.39 bits per heavy atom. The lowest BCUT2D eigenvalue weighted by molar-refractivity contribution is -0.150. The number of aryl methyl sites for hydroxylation is 1. The molecule has 1 fully saturated rings. The molecule has 0 saturated carbocycles. The average molecular weight is 478 g/mol. The van der Waals surface area contributed by atoms with Gasteiger partial charge in [0.2, 0.25) is 0 Å². The van der Waals surface area contributed by atoms with E-state index < -0.39 is 39.4 Å². The highest BCUT2D eigenvalue weighted by molar-refractivity contribution is 7.93. The van der Waals surface area contributed by atoms with Crippen LogP contribution < -0.4 is 14.8 Å². The molecule has 1 aliphatic heterocycles. The van der Waals surface area contributed by atoms with E-state index in [2.05, 4.69) is 15.2 Å². The van der Waals surface area contributed by atoms with Gasteiger partial charge in [-0.15, -0.1) is 0 Å². The lowest BCUT2D eigenvalue weighted by Gasteiger charge is -2.46. The van der Waals surface area contributed by atoms with Gasteiger partial charge in [-0.2, -0.15) is 0 Å². The van der Waals surface area contributed by atoms with E-state index in [1.165, 1.54) is 32.0 Å². The van der Waals surface area contributed by atoms with Crippen molar-refractivity contribution in [2.24, 2.45) is 0 Å². The number of nitrogens with one attached hydrogen (secondary N) is 2. The Balaban J connectivity index is 1.93. The predicted octanol–water partition coefficient (Wildman–Crippen LogP) is 1.52. The van der Waals surface area contributed by atoms with Crippen LogP contribution in [0, 0.1) is 6.92 Å². The van der Waals surface area contributed by atoms with Crippen molar-refractivity contribution in [1.29, 1.82) is 0 Å². The fourth-order valence-electron chi connectivity index (χ4n) is 3.17. The molecule has 2 heterocycles. The standard InChI is InChI=1S/C20H22N4O8S/c1-11(2)16(19(26)30-4)24-17(25)15(21-20(27)31-13-8-6-5-7-9-13)18(24)33(28,29)23-14-10-12(3)32-22-14/h5-10,15,18H,1-4H3,(H,21,27)(H,22,23)/t15-,18-/m1/s1. The number of likely N-dealkylation sites (tertiary alicyclic amines) is 1. The first kappa shape index (κ1) is 23.8. The molecule has 1 aromatic carbocycles. The second-order valence-electron chi connectivity index (χ2n) is 7.23. The van der Waals surface area contributed by atoms with E-state index in [4.69, 9.17) is 14.0 Å². The van der Waals surface area contributed by atoms with Crippen molar-refractivity contribution in [2.45, 2.75) is 32.2 Å². The van der Waals surface area contributed by atoms with Crippen LogP contribution in [0.25, 0.3) is 0 Å². The molecule has 0 radical (unpaired) electrons. The van der Waals surface area contributed by atoms with E-state index in [1.54, 1.807) is 25.1 Å². The smallest absolute Gasteiger partial charge is 0.413 e. The highest BCUT2D eigenvalue weighted by atomic mass is 32.2. The van der Waals surface area contributed by atoms with Gasteiger partial charge in [-0.1, -0.05) is 23.4 Å². The number of aromatic nitrogens is 1. The first-order chi connectivity index (χ1) is 15.5. The summed E-state index contributed by atoms with van der Waals surface area (Å²) in [6.45, 7) is 4.59. The summed E-state index contributed by atoms with van der Waals surface area (Å²) in [6, 6.07) is 7.78. The number of methoxy groups -OCH3 is 1. The number of benzene rings is 1. The van der Waals surface area contributed by atoms with Gasteiger partial charge in [0, 0.05) is 6.07 Å². The Morgan fingerprint density at radius 1 is 1.18 bits per heavy atom. The molecule has 2 N–H and O–H groups in total. The number of para-hydroxylation sites is 1. The van der Waals surface area contributed by atoms with Gasteiger partial charge in [0.15, 0.2) is 11.2 Å². The van der Waals surface area contributed by atoms with E-state index in [0.29, 0.717) is 11.3 Å². The maximum Gasteiger partial charge on any atom is 0.413 e. The zero-order chi connectivity index (χ0) is 24.3. The van der Waals surface area contributed by atoms with Gasteiger partial charge in [0.25, 0.3) is 15.9 Å². The molecular formula is C20H22N4O8S. The normalized spacial score (nSPS) is 17.6. The van der Waals surface area contributed by atoms with Gasteiger partial charge in [0.1, 0.15) is 23.2 Å². The number of allylic oxidation sites excluding steroid dienone is 1. The van der Waals surface area contributed by atoms with Crippen LogP contribution in [0.3, 0.4) is 0 Å². The SMILES string of the molecule is COC(=O)C(=C(C)C)N1C(=O)[C@@H](NC(=O)Oc2ccccc2)[C@H]1S(=O)(=O)Nc1cc(C)on1. The number of carbonyl (C=O) groups is 3. The van der Waals surface area contributed by atoms with Crippen molar-refractivity contribution in [3.8, 4) is 5.75 Å². The second kappa shape index (κ2) is 9.32. The molecule has 1 aliphatic rings. The monoisotopic (exact) mass is 478 g/mol. The van der Waals surface area contributed by atoms with Gasteiger partial charge in [-0.05, 0) is 38.5 Å². The van der Waals surface area contributed by atoms with Gasteiger partial charge < -0.3 is 19.3 Å². The van der Waals surface area contributed by atoms with Crippen LogP contribution >= 0.6 is 0 Å². The van der Waals surface area contributed by atoms with E-state index in [9.17, 15) is 22.8 Å². The van der Waals surface area contributed by atoms with Crippen molar-refractivity contribution in [2.75, 3.05) is 11.8 Å². The summed E-state index contributed by atoms with van der Waals surface area (Å²) in [4.78, 5) is 38.3. The van der Waals surface area contributed by atoms with Gasteiger partial charge in [-0.25, -0.2) is 18.0 Å². The minimum Gasteiger partial charge on any atom is -0.464 e. The highest BCUT2D eigenvalue weighted by Crippen LogP contribution is 2.32. The Hall–Kier alpha value is -3.87. The molecule has 3 rings (SSSR count). The first-order valence-electron chi connectivity index (χ1n) is 9.62. The third kappa shape index (κ3) is 4.98. The number of β-lactam (4-membered cyclic amide) rings is 1. The average Bonchev–Trinajstić information content (AvgIpc) is 3.15. The zero-order valence-corrected chi connectivity index (χ0v) is 19.0. The number of carbonyl (C=O) groups excluding carboxylic acids is 3. The summed E-state index contributed by atoms with van der Waals surface area (Å²) in [5.41, 5.74) is 0.0710. The number of esters is 1. The molecule has 0 unspecified atom stereocenters. The summed E-state index contributed by atoms with van der Waals surface area (Å²) < 4.78 is 43.2. The topological polar surface area (TPSA) is 157 Å². The summed E-state index contributed by atoms with van der Waals surface area (Å²) in [6.07, 6.45) is -1.05. The maximum absolute atomic E-state index is 13.2. The van der Waals surface area contributed by atoms with Crippen molar-refractivity contribution in [3.05, 3.63) is 53.4 Å². The third-order valence-corrected chi connectivity index (χ3v) is 6.17. The molecule has 2 atom stereocenters. The van der Waals surface area contributed by atoms with Crippen molar-refractivity contribution < 1.29 is 36.8 Å². The lowest BCUT2D eigenvalue weighted by Crippen LogP contribution is -2.74. The van der Waals surface area contributed by atoms with Crippen molar-refractivity contribution in [3.63, 3.8) is 0 Å². The van der Waals surface area contributed by atoms with E-state index in [1.807, 2.05) is 0 Å². The summed E-state index contributed by atoms with van der Waals surface area (Å²) in [7, 11) is -3.31. The fraction of sp³-hybridized carbons (Fsp3) is 0.300. The van der Waals surface area contributed by atoms with Crippen LogP contribution in [0.4, 0.5) is 10.6 Å². The molecule has 12 nitrogen and oxygen atoms in total. The number of anilines is 1. The minimum atomic E-state index is -4.41. The van der Waals surface area contributed by atoms with Crippen LogP contribution in [-0.2, 0) is 24.3 Å². The molecule has 176 valence electrons. The van der Waals surface area contributed by atoms with Gasteiger partial charge in [0.05, 0.1) is 7.11 Å². The molecule has 0 spiro atoms. The molecule has 0 bridgehead atoms. The van der Waals surface area contributed by atoms with E-state index >= 15 is 0 Å². The number of hydrogen-bond donors (Lipinski definition) is 2. The van der Waals surface area contributed by atoms with Crippen LogP contribution in [0.2, 0.25) is 0 Å². The fourth-order valence-corrected chi connectivity index (χ4v) is 4.70. The molecule has 1 aromatic heterocycles. The zero-order valence-electron chi connectivity index (χ0n) is 18.2. The van der Waals surface area contributed by atoms with E-state index in [0.717, 1.165) is 12.0 Å². The first-order valence-corrected chi connectivity index (χ1v) is 11.2. The minimum absolute atomic E-state index is 0.130. The van der Waals surface area contributed by atoms with Gasteiger partial charge >= 0.3 is 12.1 Å². The number of amides is 2. The molecule has 0 aliphatic carbocycles. The number of hydrogen-bond acceptors (Lipinski definition) is 9. The Labute approximate surface area is 189 Å². The van der Waals surface area contributed by atoms with Crippen LogP contribution in [0.15, 0.2) is 52.2 Å². The molecular weight excluding hydrogens is 456 g/mol. The predicted molar refractivity (Wildman–Crippen MR) is 114 cm³/mol. The second-order valence-corrected chi connectivity index (χ2v) is 9.01. The Kier molecular flexibility index (Phi) is 6.72. The molecule has 2 amide bonds. The van der Waals surface area contributed by atoms with Crippen LogP contribution in [-0.4, -0.2) is 55.0 Å². The summed E-state index contributed by atoms with van der Waals surface area (Å²) >= 11 is 0. The highest BCUT2D eigenvalue weighted by Gasteiger charge is 2.58. The summed E-state index contributed by atoms with van der Waals surface area (Å²) in [5, 5.41) is 4.13. The number of nitrogens with zero attached hydrogens (tertiary/aromatic N) is 2. The largest absolute Gasteiger partial charge is 0.464 e. The Bertz CT molecular complexity index is 1200. The van der Waals surface area contributed by atoms with Crippen molar-refractivity contribution in [1.82, 2.24) is 15.4 Å². The van der Waals surface area contributed by atoms with Crippen molar-refractivity contribution >= 4 is 33.8 Å². The van der Waals surface area contributed by atoms with E-state index in [-0.39, 0.29) is 17.3 Å². The third-order valence-electron chi connectivity index (χ3n) is 4.56. The molecule has 13 heteroatoms. The lowest BCUT2D eigenvalue weighted by atomic mass is 10.0. The quantitative estimate of drug-likeness (QED) is 0.342. The number of ether oxygens (including phenoxy) is 2. The molecule has 2 aromatic rings. The number of sulfonamides is 1. The molecule has 33 heavy (non-hydrogen) atoms. The Morgan fingerprint density at radius 2 is 1.85 bits per heavy atom. The van der Waals surface area contributed by atoms with Crippen LogP contribution in [0.1, 0.15) is 19.6 Å².